The molecule has 9 nitrogen and oxygen atoms in total. The van der Waals surface area contributed by atoms with Gasteiger partial charge in [-0.25, -0.2) is 0 Å². The van der Waals surface area contributed by atoms with Crippen LogP contribution in [0.2, 0.25) is 0 Å². The molecule has 0 saturated carbocycles. The number of nitro benzene ring substituents is 1. The number of hydrogen-bond donors (Lipinski definition) is 0. The summed E-state index contributed by atoms with van der Waals surface area (Å²) in [5.41, 5.74) is 1.37. The van der Waals surface area contributed by atoms with Gasteiger partial charge in [-0.05, 0) is 12.1 Å². The Morgan fingerprint density at radius 2 is 1.94 bits per heavy atom. The number of halogens is 2. The van der Waals surface area contributed by atoms with E-state index in [-0.39, 0.29) is 36.3 Å². The number of amides is 1. The largest absolute Gasteiger partial charge is 0.467 e. The third-order valence-corrected chi connectivity index (χ3v) is 5.37. The molecule has 2 heterocycles. The molecule has 0 spiro atoms. The van der Waals surface area contributed by atoms with Crippen LogP contribution in [0.25, 0.3) is 0 Å². The molecule has 4 rings (SSSR count). The molecule has 2 aromatic carbocycles. The maximum Gasteiger partial charge on any atom is 0.387 e. The molecule has 1 saturated heterocycles. The van der Waals surface area contributed by atoms with E-state index in [1.165, 1.54) is 30.3 Å². The minimum atomic E-state index is -3.02. The number of piperazine rings is 1. The number of fused-ring (bicyclic) bond motifs is 1. The van der Waals surface area contributed by atoms with Gasteiger partial charge >= 0.3 is 6.61 Å². The number of hydrogen-bond acceptors (Lipinski definition) is 7. The van der Waals surface area contributed by atoms with Crippen LogP contribution in [0.1, 0.15) is 21.5 Å². The van der Waals surface area contributed by atoms with E-state index in [2.05, 4.69) is 9.64 Å². The van der Waals surface area contributed by atoms with Gasteiger partial charge in [0.05, 0.1) is 17.1 Å². The van der Waals surface area contributed by atoms with Crippen molar-refractivity contribution in [1.82, 2.24) is 9.80 Å². The summed E-state index contributed by atoms with van der Waals surface area (Å²) in [6, 6.07) is 8.87. The summed E-state index contributed by atoms with van der Waals surface area (Å²) in [6.45, 7) is -0.501. The molecular weight excluding hydrogens is 428 g/mol. The van der Waals surface area contributed by atoms with Gasteiger partial charge in [0, 0.05) is 56.0 Å². The van der Waals surface area contributed by atoms with Gasteiger partial charge in [0.2, 0.25) is 0 Å². The average Bonchev–Trinajstić information content (AvgIpc) is 2.79. The predicted octanol–water partition coefficient (Wildman–Crippen LogP) is 3.02. The number of rotatable bonds is 6. The lowest BCUT2D eigenvalue weighted by atomic mass is 10.1. The van der Waals surface area contributed by atoms with Gasteiger partial charge in [0.15, 0.2) is 6.79 Å². The van der Waals surface area contributed by atoms with Gasteiger partial charge in [0.1, 0.15) is 11.5 Å². The topological polar surface area (TPSA) is 94.4 Å². The summed E-state index contributed by atoms with van der Waals surface area (Å²) >= 11 is 0. The monoisotopic (exact) mass is 449 g/mol. The number of nitro groups is 1. The summed E-state index contributed by atoms with van der Waals surface area (Å²) in [5, 5.41) is 11.3. The summed E-state index contributed by atoms with van der Waals surface area (Å²) < 4.78 is 40.6. The molecule has 0 bridgehead atoms. The first kappa shape index (κ1) is 21.9. The molecular formula is C21H21F2N3O6. The third-order valence-electron chi connectivity index (χ3n) is 5.37. The van der Waals surface area contributed by atoms with Gasteiger partial charge < -0.3 is 19.1 Å². The summed E-state index contributed by atoms with van der Waals surface area (Å²) in [5.74, 6) is 0.0602. The summed E-state index contributed by atoms with van der Waals surface area (Å²) in [4.78, 5) is 27.3. The molecule has 0 unspecified atom stereocenters. The van der Waals surface area contributed by atoms with Gasteiger partial charge in [-0.15, -0.1) is 0 Å². The van der Waals surface area contributed by atoms with Crippen molar-refractivity contribution >= 4 is 11.6 Å². The van der Waals surface area contributed by atoms with Crippen LogP contribution in [0.15, 0.2) is 36.4 Å². The van der Waals surface area contributed by atoms with Gasteiger partial charge in [-0.2, -0.15) is 8.78 Å². The van der Waals surface area contributed by atoms with Crippen LogP contribution >= 0.6 is 0 Å². The second kappa shape index (κ2) is 9.45. The van der Waals surface area contributed by atoms with Crippen molar-refractivity contribution in [2.24, 2.45) is 0 Å². The third kappa shape index (κ3) is 4.78. The zero-order valence-electron chi connectivity index (χ0n) is 17.0. The molecule has 170 valence electrons. The number of nitrogens with zero attached hydrogens (tertiary/aromatic N) is 3. The maximum atomic E-state index is 12.9. The first-order valence-corrected chi connectivity index (χ1v) is 9.98. The fourth-order valence-corrected chi connectivity index (χ4v) is 3.87. The zero-order valence-corrected chi connectivity index (χ0v) is 17.0. The molecule has 0 aromatic heterocycles. The molecule has 2 aliphatic heterocycles. The second-order valence-corrected chi connectivity index (χ2v) is 7.40. The Kier molecular flexibility index (Phi) is 6.47. The molecule has 0 radical (unpaired) electrons. The lowest BCUT2D eigenvalue weighted by Crippen LogP contribution is -2.48. The summed E-state index contributed by atoms with van der Waals surface area (Å²) in [6.07, 6.45) is 0. The lowest BCUT2D eigenvalue weighted by molar-refractivity contribution is -0.385. The molecule has 2 aromatic rings. The van der Waals surface area contributed by atoms with Gasteiger partial charge in [0.25, 0.3) is 11.6 Å². The van der Waals surface area contributed by atoms with Crippen LogP contribution in [-0.4, -0.2) is 60.2 Å². The Balaban J connectivity index is 1.44. The van der Waals surface area contributed by atoms with Crippen molar-refractivity contribution in [2.45, 2.75) is 19.8 Å². The molecule has 0 aliphatic carbocycles. The van der Waals surface area contributed by atoms with E-state index >= 15 is 0 Å². The van der Waals surface area contributed by atoms with E-state index in [0.717, 1.165) is 0 Å². The molecule has 2 aliphatic rings. The van der Waals surface area contributed by atoms with Crippen molar-refractivity contribution in [3.8, 4) is 11.5 Å². The molecule has 1 fully saturated rings. The number of alkyl halides is 2. The first-order chi connectivity index (χ1) is 15.4. The lowest BCUT2D eigenvalue weighted by Gasteiger charge is -2.35. The van der Waals surface area contributed by atoms with Gasteiger partial charge in [-0.1, -0.05) is 12.1 Å². The van der Waals surface area contributed by atoms with E-state index < -0.39 is 11.5 Å². The minimum absolute atomic E-state index is 0.0303. The SMILES string of the molecule is O=C(c1ccccc1OC(F)F)N1CCN(Cc2cc([N+](=O)[O-])cc3c2OCOC3)CC1. The normalized spacial score (nSPS) is 16.4. The highest BCUT2D eigenvalue weighted by atomic mass is 19.3. The number of ether oxygens (including phenoxy) is 3. The smallest absolute Gasteiger partial charge is 0.387 e. The summed E-state index contributed by atoms with van der Waals surface area (Å²) in [7, 11) is 0. The van der Waals surface area contributed by atoms with Crippen LogP contribution in [0, 0.1) is 10.1 Å². The molecule has 1 amide bonds. The Morgan fingerprint density at radius 3 is 2.66 bits per heavy atom. The van der Waals surface area contributed by atoms with E-state index in [1.54, 1.807) is 11.0 Å². The van der Waals surface area contributed by atoms with Crippen molar-refractivity contribution in [3.05, 3.63) is 63.2 Å². The number of non-ortho nitro benzene ring substituents is 1. The van der Waals surface area contributed by atoms with Crippen LogP contribution in [0.5, 0.6) is 11.5 Å². The maximum absolute atomic E-state index is 12.9. The highest BCUT2D eigenvalue weighted by Crippen LogP contribution is 2.33. The highest BCUT2D eigenvalue weighted by molar-refractivity contribution is 5.97. The Labute approximate surface area is 182 Å². The quantitative estimate of drug-likeness (QED) is 0.494. The van der Waals surface area contributed by atoms with Crippen LogP contribution < -0.4 is 9.47 Å². The standard InChI is InChI=1S/C21H21F2N3O6/c22-21(23)32-18-4-2-1-3-17(18)20(27)25-7-5-24(6-8-25)11-14-9-16(26(28)29)10-15-12-30-13-31-19(14)15/h1-4,9-10,21H,5-8,11-13H2. The van der Waals surface area contributed by atoms with Crippen molar-refractivity contribution in [1.29, 1.82) is 0 Å². The van der Waals surface area contributed by atoms with Crippen molar-refractivity contribution in [2.75, 3.05) is 33.0 Å². The molecule has 32 heavy (non-hydrogen) atoms. The van der Waals surface area contributed by atoms with E-state index in [0.29, 0.717) is 49.6 Å². The Bertz CT molecular complexity index is 1010. The molecule has 0 atom stereocenters. The Hall–Kier alpha value is -3.31. The Morgan fingerprint density at radius 1 is 1.19 bits per heavy atom. The highest BCUT2D eigenvalue weighted by Gasteiger charge is 2.27. The number of carbonyl (C=O) groups is 1. The van der Waals surface area contributed by atoms with Crippen LogP contribution in [-0.2, 0) is 17.9 Å². The van der Waals surface area contributed by atoms with Crippen molar-refractivity contribution in [3.63, 3.8) is 0 Å². The van der Waals surface area contributed by atoms with E-state index in [1.807, 2.05) is 0 Å². The van der Waals surface area contributed by atoms with E-state index in [4.69, 9.17) is 9.47 Å². The van der Waals surface area contributed by atoms with E-state index in [9.17, 15) is 23.7 Å². The van der Waals surface area contributed by atoms with Crippen molar-refractivity contribution < 1.29 is 32.7 Å². The average molecular weight is 449 g/mol. The second-order valence-electron chi connectivity index (χ2n) is 7.40. The van der Waals surface area contributed by atoms with Crippen LogP contribution in [0.4, 0.5) is 14.5 Å². The number of para-hydroxylation sites is 1. The van der Waals surface area contributed by atoms with Gasteiger partial charge in [-0.3, -0.25) is 19.8 Å². The molecule has 11 heteroatoms. The van der Waals surface area contributed by atoms with Crippen LogP contribution in [0.3, 0.4) is 0 Å². The molecule has 0 N–H and O–H groups in total. The number of benzene rings is 2. The number of carbonyl (C=O) groups excluding carboxylic acids is 1. The zero-order chi connectivity index (χ0) is 22.7. The minimum Gasteiger partial charge on any atom is -0.467 e. The fourth-order valence-electron chi connectivity index (χ4n) is 3.87. The predicted molar refractivity (Wildman–Crippen MR) is 108 cm³/mol. The first-order valence-electron chi connectivity index (χ1n) is 9.98. The fraction of sp³-hybridized carbons (Fsp3) is 0.381.